The lowest BCUT2D eigenvalue weighted by atomic mass is 10.2. The Labute approximate surface area is 63.2 Å². The zero-order valence-electron chi connectivity index (χ0n) is 5.54. The van der Waals surface area contributed by atoms with E-state index >= 15 is 0 Å². The van der Waals surface area contributed by atoms with Crippen LogP contribution in [0.2, 0.25) is 0 Å². The average molecular weight is 127 g/mol. The molecule has 10 heavy (non-hydrogen) atoms. The van der Waals surface area contributed by atoms with Crippen molar-refractivity contribution in [2.45, 2.75) is 0 Å². The Hall–Kier alpha value is -1.04. The normalized spacial score (nSPS) is 9.30. The van der Waals surface area contributed by atoms with Gasteiger partial charge >= 0.3 is 0 Å². The quantitative estimate of drug-likeness (QED) is 0.543. The predicted octanol–water partition coefficient (Wildman–Crippen LogP) is 2.37. The Morgan fingerprint density at radius 1 is 1.10 bits per heavy atom. The first-order chi connectivity index (χ1) is 4.43. The molecule has 0 unspecified atom stereocenters. The van der Waals surface area contributed by atoms with Crippen molar-refractivity contribution in [3.63, 3.8) is 0 Å². The summed E-state index contributed by atoms with van der Waals surface area (Å²) in [4.78, 5) is 0. The van der Waals surface area contributed by atoms with Gasteiger partial charge in [-0.05, 0) is 5.56 Å². The first kappa shape index (κ1) is 8.96. The molecule has 47 valence electrons. The van der Waals surface area contributed by atoms with E-state index in [2.05, 4.69) is 0 Å². The molecular formula is C10H7. The third-order valence-electron chi connectivity index (χ3n) is 1.08. The number of hydrogen-bond donors (Lipinski definition) is 0. The minimum absolute atomic E-state index is 0. The largest absolute Gasteiger partial charge is 0.0749 e. The van der Waals surface area contributed by atoms with Gasteiger partial charge in [0.25, 0.3) is 0 Å². The van der Waals surface area contributed by atoms with E-state index in [-0.39, 0.29) is 7.43 Å². The molecule has 1 rings (SSSR count). The molecule has 0 amide bonds. The third kappa shape index (κ3) is 2.49. The van der Waals surface area contributed by atoms with Gasteiger partial charge in [0, 0.05) is 14.4 Å². The fraction of sp³-hybridized carbons (Fsp3) is 0. The molecule has 0 aliphatic heterocycles. The summed E-state index contributed by atoms with van der Waals surface area (Å²) in [5.41, 5.74) is 1.08. The van der Waals surface area contributed by atoms with Crippen LogP contribution in [0, 0.1) is 14.4 Å². The molecule has 0 aliphatic rings. The van der Waals surface area contributed by atoms with Gasteiger partial charge in [0.2, 0.25) is 0 Å². The number of benzene rings is 1. The summed E-state index contributed by atoms with van der Waals surface area (Å²) in [5, 5.41) is 0. The molecule has 0 saturated heterocycles. The molecule has 0 heterocycles. The van der Waals surface area contributed by atoms with Crippen molar-refractivity contribution < 1.29 is 0 Å². The van der Waals surface area contributed by atoms with Crippen LogP contribution in [0.4, 0.5) is 0 Å². The zero-order chi connectivity index (χ0) is 6.53. The number of rotatable bonds is 1. The Morgan fingerprint density at radius 2 is 1.70 bits per heavy atom. The predicted molar refractivity (Wildman–Crippen MR) is 42.0 cm³/mol. The summed E-state index contributed by atoms with van der Waals surface area (Å²) >= 11 is 0. The Balaban J connectivity index is 0.000000810. The van der Waals surface area contributed by atoms with Gasteiger partial charge in [-0.2, -0.15) is 0 Å². The number of hydrogen-bond acceptors (Lipinski definition) is 0. The van der Waals surface area contributed by atoms with Crippen molar-refractivity contribution >= 4 is 6.08 Å². The van der Waals surface area contributed by atoms with Crippen LogP contribution in [-0.2, 0) is 0 Å². The monoisotopic (exact) mass is 127 g/mol. The maximum atomic E-state index is 6.76. The third-order valence-corrected chi connectivity index (χ3v) is 1.08. The van der Waals surface area contributed by atoms with E-state index in [9.17, 15) is 0 Å². The molecule has 0 aromatic heterocycles. The first-order valence-electron chi connectivity index (χ1n) is 2.82. The van der Waals surface area contributed by atoms with Gasteiger partial charge in [-0.1, -0.05) is 42.5 Å². The van der Waals surface area contributed by atoms with Gasteiger partial charge in [-0.25, -0.2) is 0 Å². The lowest BCUT2D eigenvalue weighted by molar-refractivity contribution is 1.66. The van der Waals surface area contributed by atoms with Gasteiger partial charge in [0.15, 0.2) is 0 Å². The standard InChI is InChI=1S/C9H7.C/c1-2-6-9-7-4-3-5-8-9;/h2-8H;. The van der Waals surface area contributed by atoms with Crippen molar-refractivity contribution in [3.05, 3.63) is 56.3 Å². The lowest BCUT2D eigenvalue weighted by Crippen LogP contribution is -1.65. The first-order valence-corrected chi connectivity index (χ1v) is 2.82. The van der Waals surface area contributed by atoms with Gasteiger partial charge in [-0.15, -0.1) is 0 Å². The van der Waals surface area contributed by atoms with Crippen LogP contribution >= 0.6 is 0 Å². The second kappa shape index (κ2) is 4.80. The highest BCUT2D eigenvalue weighted by Gasteiger charge is 1.77. The lowest BCUT2D eigenvalue weighted by Gasteiger charge is -1.86. The van der Waals surface area contributed by atoms with Crippen molar-refractivity contribution in [2.75, 3.05) is 0 Å². The minimum atomic E-state index is 0. The Kier molecular flexibility index (Phi) is 4.30. The highest BCUT2D eigenvalue weighted by atomic mass is 13.8. The minimum Gasteiger partial charge on any atom is -0.0749 e. The second-order valence-electron chi connectivity index (χ2n) is 1.74. The molecule has 0 nitrogen and oxygen atoms in total. The maximum Gasteiger partial charge on any atom is 0.0212 e. The summed E-state index contributed by atoms with van der Waals surface area (Å²) < 4.78 is 0. The number of allylic oxidation sites excluding steroid dienone is 1. The average Bonchev–Trinajstić information content (AvgIpc) is 1.91. The van der Waals surface area contributed by atoms with Crippen LogP contribution in [0.15, 0.2) is 36.4 Å². The molecule has 0 fully saturated rings. The Morgan fingerprint density at radius 3 is 2.20 bits per heavy atom. The van der Waals surface area contributed by atoms with Crippen molar-refractivity contribution in [3.8, 4) is 0 Å². The molecule has 0 atom stereocenters. The fourth-order valence-corrected chi connectivity index (χ4v) is 0.660. The van der Waals surface area contributed by atoms with Gasteiger partial charge in [-0.3, -0.25) is 0 Å². The zero-order valence-corrected chi connectivity index (χ0v) is 5.54. The fourth-order valence-electron chi connectivity index (χ4n) is 0.660. The van der Waals surface area contributed by atoms with Crippen LogP contribution in [0.1, 0.15) is 5.56 Å². The molecule has 0 aliphatic carbocycles. The van der Waals surface area contributed by atoms with Crippen LogP contribution in [0.3, 0.4) is 0 Å². The Bertz CT molecular complexity index is 184. The van der Waals surface area contributed by atoms with E-state index < -0.39 is 0 Å². The molecule has 0 N–H and O–H groups in total. The maximum absolute atomic E-state index is 6.76. The SMILES string of the molecule is [C].[C]C=Cc1ccccc1. The molecule has 0 spiro atoms. The molecule has 1 aromatic rings. The van der Waals surface area contributed by atoms with Crippen LogP contribution < -0.4 is 0 Å². The van der Waals surface area contributed by atoms with Crippen LogP contribution in [0.25, 0.3) is 6.08 Å². The van der Waals surface area contributed by atoms with E-state index in [0.29, 0.717) is 0 Å². The van der Waals surface area contributed by atoms with Gasteiger partial charge in [0.05, 0.1) is 0 Å². The molecule has 0 heteroatoms. The molecule has 0 bridgehead atoms. The van der Waals surface area contributed by atoms with Gasteiger partial charge < -0.3 is 0 Å². The van der Waals surface area contributed by atoms with Crippen LogP contribution in [0.5, 0.6) is 0 Å². The summed E-state index contributed by atoms with van der Waals surface area (Å²) in [6.07, 6.45) is 3.04. The molecule has 7 radical (unpaired) electrons. The van der Waals surface area contributed by atoms with E-state index in [1.807, 2.05) is 30.3 Å². The van der Waals surface area contributed by atoms with Crippen molar-refractivity contribution in [2.24, 2.45) is 0 Å². The van der Waals surface area contributed by atoms with E-state index in [1.54, 1.807) is 6.08 Å². The van der Waals surface area contributed by atoms with E-state index in [1.165, 1.54) is 6.08 Å². The highest BCUT2D eigenvalue weighted by Crippen LogP contribution is 1.99. The molecule has 0 saturated carbocycles. The van der Waals surface area contributed by atoms with E-state index in [0.717, 1.165) is 5.56 Å². The second-order valence-corrected chi connectivity index (χ2v) is 1.74. The summed E-state index contributed by atoms with van der Waals surface area (Å²) in [6.45, 7) is 6.76. The summed E-state index contributed by atoms with van der Waals surface area (Å²) in [7, 11) is 0. The van der Waals surface area contributed by atoms with Gasteiger partial charge in [0.1, 0.15) is 0 Å². The van der Waals surface area contributed by atoms with Crippen molar-refractivity contribution in [1.82, 2.24) is 0 Å². The summed E-state index contributed by atoms with van der Waals surface area (Å²) in [6, 6.07) is 9.79. The van der Waals surface area contributed by atoms with E-state index in [4.69, 9.17) is 6.92 Å². The summed E-state index contributed by atoms with van der Waals surface area (Å²) in [5.74, 6) is 0. The molecule has 1 aromatic carbocycles. The highest BCUT2D eigenvalue weighted by molar-refractivity contribution is 5.48. The van der Waals surface area contributed by atoms with Crippen molar-refractivity contribution in [1.29, 1.82) is 0 Å². The topological polar surface area (TPSA) is 0 Å². The smallest absolute Gasteiger partial charge is 0.0212 e. The molecular weight excluding hydrogens is 120 g/mol. The van der Waals surface area contributed by atoms with Crippen LogP contribution in [-0.4, -0.2) is 0 Å².